The predicted octanol–water partition coefficient (Wildman–Crippen LogP) is 2.11. The summed E-state index contributed by atoms with van der Waals surface area (Å²) in [6.45, 7) is 5.15. The van der Waals surface area contributed by atoms with Gasteiger partial charge >= 0.3 is 0 Å². The van der Waals surface area contributed by atoms with Gasteiger partial charge in [-0.1, -0.05) is 24.3 Å². The quantitative estimate of drug-likeness (QED) is 0.477. The smallest absolute Gasteiger partial charge is 0.241 e. The summed E-state index contributed by atoms with van der Waals surface area (Å²) in [6.07, 6.45) is 3.77. The highest BCUT2D eigenvalue weighted by atomic mass is 16.5. The van der Waals surface area contributed by atoms with Crippen LogP contribution in [0.4, 0.5) is 5.69 Å². The minimum absolute atomic E-state index is 0.102. The molecule has 0 unspecified atom stereocenters. The average molecular weight is 311 g/mol. The summed E-state index contributed by atoms with van der Waals surface area (Å²) in [5.74, 6) is -1.63. The van der Waals surface area contributed by atoms with E-state index in [1.165, 1.54) is 11.8 Å². The van der Waals surface area contributed by atoms with Crippen LogP contribution in [0.1, 0.15) is 31.1 Å². The number of hydrogen-bond acceptors (Lipinski definition) is 4. The van der Waals surface area contributed by atoms with Gasteiger partial charge in [0.15, 0.2) is 5.78 Å². The molecule has 4 rings (SSSR count). The Hall–Kier alpha value is -2.27. The third kappa shape index (κ3) is 1.68. The molecular formula is C18H17NO4. The topological polar surface area (TPSA) is 63.7 Å². The molecule has 2 saturated heterocycles. The van der Waals surface area contributed by atoms with Gasteiger partial charge in [0.1, 0.15) is 0 Å². The molecule has 3 aliphatic rings. The molecule has 5 heteroatoms. The second-order valence-electron chi connectivity index (χ2n) is 6.88. The Bertz CT molecular complexity index is 762. The molecule has 0 N–H and O–H groups in total. The summed E-state index contributed by atoms with van der Waals surface area (Å²) in [4.78, 5) is 38.6. The van der Waals surface area contributed by atoms with E-state index >= 15 is 0 Å². The van der Waals surface area contributed by atoms with E-state index in [0.717, 1.165) is 0 Å². The Labute approximate surface area is 133 Å². The van der Waals surface area contributed by atoms with E-state index in [2.05, 4.69) is 0 Å². The maximum Gasteiger partial charge on any atom is 0.241 e. The number of anilines is 1. The van der Waals surface area contributed by atoms with E-state index in [9.17, 15) is 14.4 Å². The number of hydrogen-bond donors (Lipinski definition) is 0. The molecule has 0 aliphatic carbocycles. The van der Waals surface area contributed by atoms with Gasteiger partial charge in [0.05, 0.1) is 28.7 Å². The van der Waals surface area contributed by atoms with Gasteiger partial charge in [-0.3, -0.25) is 14.4 Å². The largest absolute Gasteiger partial charge is 0.359 e. The lowest BCUT2D eigenvalue weighted by atomic mass is 9.73. The molecule has 1 aromatic rings. The second kappa shape index (κ2) is 4.17. The number of nitrogens with zero attached hydrogens (tertiary/aromatic N) is 1. The monoisotopic (exact) mass is 311 g/mol. The number of carbonyl (C=O) groups excluding carboxylic acids is 3. The number of amides is 2. The van der Waals surface area contributed by atoms with Gasteiger partial charge in [-0.05, 0) is 32.9 Å². The van der Waals surface area contributed by atoms with Crippen molar-refractivity contribution in [3.63, 3.8) is 0 Å². The maximum absolute atomic E-state index is 12.9. The third-order valence-electron chi connectivity index (χ3n) is 5.24. The number of rotatable bonds is 2. The van der Waals surface area contributed by atoms with Crippen LogP contribution in [0.15, 0.2) is 36.4 Å². The van der Waals surface area contributed by atoms with Gasteiger partial charge in [0.25, 0.3) is 0 Å². The number of Topliss-reactive ketones (excluding diaryl/α,β-unsaturated/α-hetero) is 1. The summed E-state index contributed by atoms with van der Waals surface area (Å²) < 4.78 is 5.97. The highest BCUT2D eigenvalue weighted by Crippen LogP contribution is 2.57. The zero-order valence-electron chi connectivity index (χ0n) is 13.2. The molecule has 4 atom stereocenters. The van der Waals surface area contributed by atoms with Crippen LogP contribution < -0.4 is 4.90 Å². The summed E-state index contributed by atoms with van der Waals surface area (Å²) in [5.41, 5.74) is -0.540. The van der Waals surface area contributed by atoms with Crippen molar-refractivity contribution in [1.82, 2.24) is 0 Å². The molecular weight excluding hydrogens is 294 g/mol. The van der Waals surface area contributed by atoms with Crippen molar-refractivity contribution < 1.29 is 19.1 Å². The van der Waals surface area contributed by atoms with Crippen molar-refractivity contribution in [3.05, 3.63) is 42.0 Å². The Morgan fingerprint density at radius 2 is 1.65 bits per heavy atom. The lowest BCUT2D eigenvalue weighted by molar-refractivity contribution is -0.128. The van der Waals surface area contributed by atoms with E-state index in [1.807, 2.05) is 26.0 Å². The molecule has 0 saturated carbocycles. The molecule has 23 heavy (non-hydrogen) atoms. The molecule has 0 radical (unpaired) electrons. The number of ether oxygens (including phenoxy) is 1. The van der Waals surface area contributed by atoms with E-state index in [-0.39, 0.29) is 17.6 Å². The maximum atomic E-state index is 12.9. The minimum atomic E-state index is -0.737. The molecule has 3 heterocycles. The van der Waals surface area contributed by atoms with Crippen LogP contribution in [-0.4, -0.2) is 28.8 Å². The summed E-state index contributed by atoms with van der Waals surface area (Å²) in [6, 6.07) is 6.65. The highest BCUT2D eigenvalue weighted by Gasteiger charge is 2.70. The van der Waals surface area contributed by atoms with Crippen LogP contribution in [-0.2, 0) is 14.3 Å². The summed E-state index contributed by atoms with van der Waals surface area (Å²) in [5, 5.41) is 0. The van der Waals surface area contributed by atoms with Gasteiger partial charge in [-0.15, -0.1) is 0 Å². The second-order valence-corrected chi connectivity index (χ2v) is 6.88. The first-order valence-electron chi connectivity index (χ1n) is 7.66. The molecule has 3 aliphatic heterocycles. The normalized spacial score (nSPS) is 37.6. The van der Waals surface area contributed by atoms with Gasteiger partial charge in [-0.25, -0.2) is 4.90 Å². The first-order chi connectivity index (χ1) is 10.8. The molecule has 0 spiro atoms. The van der Waals surface area contributed by atoms with E-state index in [1.54, 1.807) is 24.3 Å². The van der Waals surface area contributed by atoms with Crippen LogP contribution in [0.2, 0.25) is 0 Å². The summed E-state index contributed by atoms with van der Waals surface area (Å²) >= 11 is 0. The number of benzene rings is 1. The Balaban J connectivity index is 1.79. The number of carbonyl (C=O) groups is 3. The fourth-order valence-corrected chi connectivity index (χ4v) is 4.15. The molecule has 2 bridgehead atoms. The Morgan fingerprint density at radius 1 is 1.09 bits per heavy atom. The fourth-order valence-electron chi connectivity index (χ4n) is 4.15. The lowest BCUT2D eigenvalue weighted by Gasteiger charge is -2.25. The summed E-state index contributed by atoms with van der Waals surface area (Å²) in [7, 11) is 0. The predicted molar refractivity (Wildman–Crippen MR) is 83.0 cm³/mol. The molecule has 118 valence electrons. The van der Waals surface area contributed by atoms with Crippen molar-refractivity contribution >= 4 is 23.3 Å². The highest BCUT2D eigenvalue weighted by molar-refractivity contribution is 6.23. The molecule has 2 amide bonds. The fraction of sp³-hybridized carbons (Fsp3) is 0.389. The van der Waals surface area contributed by atoms with Gasteiger partial charge in [0, 0.05) is 5.56 Å². The van der Waals surface area contributed by atoms with E-state index in [4.69, 9.17) is 4.74 Å². The molecule has 1 aromatic carbocycles. The van der Waals surface area contributed by atoms with Crippen LogP contribution >= 0.6 is 0 Å². The van der Waals surface area contributed by atoms with Gasteiger partial charge in [-0.2, -0.15) is 0 Å². The van der Waals surface area contributed by atoms with Crippen LogP contribution in [0.3, 0.4) is 0 Å². The molecule has 0 aromatic heterocycles. The third-order valence-corrected chi connectivity index (χ3v) is 5.24. The van der Waals surface area contributed by atoms with E-state index < -0.39 is 23.0 Å². The van der Waals surface area contributed by atoms with Crippen molar-refractivity contribution in [1.29, 1.82) is 0 Å². The standard InChI is InChI=1S/C18H17NO4/c1-10(20)11-5-4-6-12(9-11)19-15(21)13-14(16(19)22)18(3)8-7-17(13,2)23-18/h4-9,13-14H,1-3H3/t13-,14-,17+,18+/m0/s1. The zero-order chi connectivity index (χ0) is 16.6. The number of ketones is 1. The van der Waals surface area contributed by atoms with E-state index in [0.29, 0.717) is 11.3 Å². The molecule has 2 fully saturated rings. The Kier molecular flexibility index (Phi) is 2.60. The SMILES string of the molecule is CC(=O)c1cccc(N2C(=O)[C@@H]3[C@@H](C2=O)[C@@]2(C)C=C[C@@]3(C)O2)c1. The van der Waals surface area contributed by atoms with Gasteiger partial charge in [0.2, 0.25) is 11.8 Å². The first-order valence-corrected chi connectivity index (χ1v) is 7.66. The van der Waals surface area contributed by atoms with Crippen LogP contribution in [0.25, 0.3) is 0 Å². The van der Waals surface area contributed by atoms with Crippen molar-refractivity contribution in [2.45, 2.75) is 32.0 Å². The number of imide groups is 1. The zero-order valence-corrected chi connectivity index (χ0v) is 13.2. The minimum Gasteiger partial charge on any atom is -0.359 e. The number of fused-ring (bicyclic) bond motifs is 5. The van der Waals surface area contributed by atoms with Gasteiger partial charge < -0.3 is 4.74 Å². The molecule has 5 nitrogen and oxygen atoms in total. The average Bonchev–Trinajstić information content (AvgIpc) is 3.04. The van der Waals surface area contributed by atoms with Crippen LogP contribution in [0.5, 0.6) is 0 Å². The lowest BCUT2D eigenvalue weighted by Crippen LogP contribution is -2.39. The van der Waals surface area contributed by atoms with Crippen molar-refractivity contribution in [3.8, 4) is 0 Å². The first kappa shape index (κ1) is 14.3. The van der Waals surface area contributed by atoms with Crippen molar-refractivity contribution in [2.75, 3.05) is 4.90 Å². The van der Waals surface area contributed by atoms with Crippen LogP contribution in [0, 0.1) is 11.8 Å². The Morgan fingerprint density at radius 3 is 2.17 bits per heavy atom. The van der Waals surface area contributed by atoms with Crippen molar-refractivity contribution in [2.24, 2.45) is 11.8 Å².